The molecule has 0 atom stereocenters. The summed E-state index contributed by atoms with van der Waals surface area (Å²) in [5.74, 6) is -0.533. The Morgan fingerprint density at radius 1 is 1.37 bits per heavy atom. The van der Waals surface area contributed by atoms with Crippen LogP contribution in [-0.2, 0) is 4.74 Å². The third kappa shape index (κ3) is 6.00. The highest BCUT2D eigenvalue weighted by Gasteiger charge is 2.27. The molecule has 1 aromatic rings. The fraction of sp³-hybridized carbons (Fsp3) is 0.500. The molecule has 3 N–H and O–H groups in total. The first-order chi connectivity index (χ1) is 8.90. The summed E-state index contributed by atoms with van der Waals surface area (Å²) in [6.45, 7) is -1.24. The second-order valence-corrected chi connectivity index (χ2v) is 3.57. The van der Waals surface area contributed by atoms with Gasteiger partial charge in [-0.2, -0.15) is 13.2 Å². The summed E-state index contributed by atoms with van der Waals surface area (Å²) in [6, 6.07) is 0. The van der Waals surface area contributed by atoms with Crippen LogP contribution in [0.1, 0.15) is 16.9 Å². The lowest BCUT2D eigenvalue weighted by molar-refractivity contribution is -0.173. The van der Waals surface area contributed by atoms with Crippen LogP contribution in [0.25, 0.3) is 0 Å². The molecule has 0 bridgehead atoms. The molecule has 0 aromatic carbocycles. The van der Waals surface area contributed by atoms with Gasteiger partial charge in [0.2, 0.25) is 0 Å². The summed E-state index contributed by atoms with van der Waals surface area (Å²) >= 11 is 0. The zero-order valence-electron chi connectivity index (χ0n) is 9.91. The number of nitrogens with one attached hydrogen (secondary N) is 1. The van der Waals surface area contributed by atoms with Crippen molar-refractivity contribution in [2.45, 2.75) is 12.6 Å². The maximum atomic E-state index is 11.7. The minimum atomic E-state index is -4.34. The van der Waals surface area contributed by atoms with E-state index < -0.39 is 18.7 Å². The van der Waals surface area contributed by atoms with E-state index in [1.54, 1.807) is 0 Å². The molecule has 1 rings (SSSR count). The summed E-state index contributed by atoms with van der Waals surface area (Å²) in [4.78, 5) is 19.0. The van der Waals surface area contributed by atoms with Crippen LogP contribution in [0.4, 0.5) is 19.0 Å². The summed E-state index contributed by atoms with van der Waals surface area (Å²) in [6.07, 6.45) is -1.42. The summed E-state index contributed by atoms with van der Waals surface area (Å²) < 4.78 is 39.6. The number of nitrogens with two attached hydrogens (primary N) is 1. The van der Waals surface area contributed by atoms with Crippen LogP contribution in [0.3, 0.4) is 0 Å². The van der Waals surface area contributed by atoms with Crippen molar-refractivity contribution in [3.05, 3.63) is 18.1 Å². The van der Waals surface area contributed by atoms with Crippen LogP contribution in [-0.4, -0.2) is 41.8 Å². The van der Waals surface area contributed by atoms with E-state index in [-0.39, 0.29) is 31.1 Å². The molecule has 106 valence electrons. The van der Waals surface area contributed by atoms with Crippen LogP contribution in [0.5, 0.6) is 0 Å². The Kier molecular flexibility index (Phi) is 5.49. The average molecular weight is 278 g/mol. The topological polar surface area (TPSA) is 90.1 Å². The van der Waals surface area contributed by atoms with Gasteiger partial charge in [0.05, 0.1) is 0 Å². The molecule has 1 aromatic heterocycles. The molecular formula is C10H13F3N4O2. The number of amides is 1. The Balaban J connectivity index is 2.20. The molecule has 19 heavy (non-hydrogen) atoms. The standard InChI is InChI=1S/C10H13F3N4O2/c11-10(12,13)6-19-5-1-2-17-9(18)7-8(14)16-4-3-15-7/h3-4H,1-2,5-6H2,(H2,14,16)(H,17,18). The predicted molar refractivity (Wildman–Crippen MR) is 60.3 cm³/mol. The normalized spacial score (nSPS) is 11.3. The summed E-state index contributed by atoms with van der Waals surface area (Å²) in [7, 11) is 0. The van der Waals surface area contributed by atoms with Gasteiger partial charge in [-0.3, -0.25) is 4.79 Å². The largest absolute Gasteiger partial charge is 0.411 e. The highest BCUT2D eigenvalue weighted by molar-refractivity contribution is 5.96. The van der Waals surface area contributed by atoms with Gasteiger partial charge in [-0.05, 0) is 6.42 Å². The Bertz CT molecular complexity index is 425. The van der Waals surface area contributed by atoms with Gasteiger partial charge in [0.25, 0.3) is 5.91 Å². The lowest BCUT2D eigenvalue weighted by atomic mass is 10.3. The van der Waals surface area contributed by atoms with Gasteiger partial charge >= 0.3 is 6.18 Å². The maximum Gasteiger partial charge on any atom is 0.411 e. The van der Waals surface area contributed by atoms with Crippen LogP contribution in [0, 0.1) is 0 Å². The molecule has 1 amide bonds. The van der Waals surface area contributed by atoms with Crippen molar-refractivity contribution in [3.8, 4) is 0 Å². The molecular weight excluding hydrogens is 265 g/mol. The van der Waals surface area contributed by atoms with Gasteiger partial charge in [-0.1, -0.05) is 0 Å². The molecule has 0 spiro atoms. The van der Waals surface area contributed by atoms with Crippen molar-refractivity contribution in [2.24, 2.45) is 0 Å². The van der Waals surface area contributed by atoms with Gasteiger partial charge in [0.15, 0.2) is 11.5 Å². The quantitative estimate of drug-likeness (QED) is 0.750. The van der Waals surface area contributed by atoms with Crippen molar-refractivity contribution < 1.29 is 22.7 Å². The highest BCUT2D eigenvalue weighted by atomic mass is 19.4. The number of anilines is 1. The Morgan fingerprint density at radius 2 is 2.05 bits per heavy atom. The molecule has 0 aliphatic rings. The number of nitrogens with zero attached hydrogens (tertiary/aromatic N) is 2. The zero-order chi connectivity index (χ0) is 14.3. The Morgan fingerprint density at radius 3 is 2.68 bits per heavy atom. The van der Waals surface area contributed by atoms with Crippen LogP contribution < -0.4 is 11.1 Å². The van der Waals surface area contributed by atoms with Gasteiger partial charge in [0, 0.05) is 25.5 Å². The number of hydrogen-bond acceptors (Lipinski definition) is 5. The molecule has 1 heterocycles. The van der Waals surface area contributed by atoms with E-state index >= 15 is 0 Å². The van der Waals surface area contributed by atoms with Crippen molar-refractivity contribution in [2.75, 3.05) is 25.5 Å². The second-order valence-electron chi connectivity index (χ2n) is 3.57. The SMILES string of the molecule is Nc1nccnc1C(=O)NCCCOCC(F)(F)F. The van der Waals surface area contributed by atoms with Crippen molar-refractivity contribution >= 4 is 11.7 Å². The summed E-state index contributed by atoms with van der Waals surface area (Å²) in [5, 5.41) is 2.45. The second kappa shape index (κ2) is 6.88. The number of aromatic nitrogens is 2. The number of ether oxygens (including phenoxy) is 1. The minimum absolute atomic E-state index is 0.00618. The molecule has 0 aliphatic heterocycles. The van der Waals surface area contributed by atoms with E-state index in [0.29, 0.717) is 0 Å². The third-order valence-corrected chi connectivity index (χ3v) is 1.96. The number of alkyl halides is 3. The number of nitrogen functional groups attached to an aromatic ring is 1. The van der Waals surface area contributed by atoms with Crippen molar-refractivity contribution in [3.63, 3.8) is 0 Å². The first-order valence-corrected chi connectivity index (χ1v) is 5.39. The maximum absolute atomic E-state index is 11.7. The lowest BCUT2D eigenvalue weighted by Crippen LogP contribution is -2.27. The van der Waals surface area contributed by atoms with Crippen LogP contribution in [0.15, 0.2) is 12.4 Å². The molecule has 6 nitrogen and oxygen atoms in total. The number of carbonyl (C=O) groups excluding carboxylic acids is 1. The van der Waals surface area contributed by atoms with E-state index in [0.717, 1.165) is 0 Å². The third-order valence-electron chi connectivity index (χ3n) is 1.96. The Labute approximate surface area is 107 Å². The van der Waals surface area contributed by atoms with Crippen LogP contribution in [0.2, 0.25) is 0 Å². The lowest BCUT2D eigenvalue weighted by Gasteiger charge is -2.08. The first-order valence-electron chi connectivity index (χ1n) is 5.39. The number of carbonyl (C=O) groups is 1. The van der Waals surface area contributed by atoms with Gasteiger partial charge in [-0.25, -0.2) is 9.97 Å². The van der Waals surface area contributed by atoms with Gasteiger partial charge in [0.1, 0.15) is 6.61 Å². The molecule has 9 heteroatoms. The summed E-state index contributed by atoms with van der Waals surface area (Å²) in [5.41, 5.74) is 5.42. The minimum Gasteiger partial charge on any atom is -0.382 e. The molecule has 0 saturated heterocycles. The number of rotatable bonds is 6. The van der Waals surface area contributed by atoms with E-state index in [1.165, 1.54) is 12.4 Å². The smallest absolute Gasteiger partial charge is 0.382 e. The average Bonchev–Trinajstić information content (AvgIpc) is 2.32. The Hall–Kier alpha value is -1.90. The first kappa shape index (κ1) is 15.2. The fourth-order valence-electron chi connectivity index (χ4n) is 1.17. The van der Waals surface area contributed by atoms with Crippen LogP contribution >= 0.6 is 0 Å². The van der Waals surface area contributed by atoms with E-state index in [9.17, 15) is 18.0 Å². The fourth-order valence-corrected chi connectivity index (χ4v) is 1.17. The van der Waals surface area contributed by atoms with Crippen molar-refractivity contribution in [1.29, 1.82) is 0 Å². The molecule has 0 radical (unpaired) electrons. The molecule has 0 unspecified atom stereocenters. The van der Waals surface area contributed by atoms with Crippen molar-refractivity contribution in [1.82, 2.24) is 15.3 Å². The molecule has 0 saturated carbocycles. The van der Waals surface area contributed by atoms with E-state index in [2.05, 4.69) is 20.0 Å². The zero-order valence-corrected chi connectivity index (χ0v) is 9.91. The number of halogens is 3. The number of hydrogen-bond donors (Lipinski definition) is 2. The monoisotopic (exact) mass is 278 g/mol. The van der Waals surface area contributed by atoms with E-state index in [4.69, 9.17) is 5.73 Å². The molecule has 0 aliphatic carbocycles. The van der Waals surface area contributed by atoms with Gasteiger partial charge < -0.3 is 15.8 Å². The van der Waals surface area contributed by atoms with E-state index in [1.807, 2.05) is 0 Å². The van der Waals surface area contributed by atoms with Gasteiger partial charge in [-0.15, -0.1) is 0 Å². The molecule has 0 fully saturated rings. The predicted octanol–water partition coefficient (Wildman–Crippen LogP) is 0.758. The highest BCUT2D eigenvalue weighted by Crippen LogP contribution is 2.14.